The smallest absolute Gasteiger partial charge is 0.269 e. The van der Waals surface area contributed by atoms with Gasteiger partial charge >= 0.3 is 0 Å². The van der Waals surface area contributed by atoms with Crippen LogP contribution < -0.4 is 26.2 Å². The molecule has 9 heteroatoms. The molecule has 0 radical (unpaired) electrons. The average molecular weight is 505 g/mol. The number of carbonyl (C=O) groups is 3. The fourth-order valence-corrected chi connectivity index (χ4v) is 3.30. The van der Waals surface area contributed by atoms with Gasteiger partial charge in [-0.25, -0.2) is 0 Å². The number of aryl methyl sites for hydroxylation is 1. The number of thiocarbonyl (C=S) groups is 1. The quantitative estimate of drug-likeness (QED) is 0.206. The summed E-state index contributed by atoms with van der Waals surface area (Å²) >= 11 is 5.09. The summed E-state index contributed by atoms with van der Waals surface area (Å²) in [7, 11) is 0. The number of nitrogens with one attached hydrogen (secondary N) is 4. The summed E-state index contributed by atoms with van der Waals surface area (Å²) in [4.78, 5) is 37.2. The van der Waals surface area contributed by atoms with E-state index < -0.39 is 11.8 Å². The first-order chi connectivity index (χ1) is 17.4. The molecule has 0 atom stereocenters. The van der Waals surface area contributed by atoms with Crippen LogP contribution in [0.5, 0.6) is 5.75 Å². The zero-order valence-corrected chi connectivity index (χ0v) is 20.9. The van der Waals surface area contributed by atoms with Gasteiger partial charge in [0.2, 0.25) is 0 Å². The molecule has 0 aliphatic heterocycles. The number of hydrogen-bond donors (Lipinski definition) is 4. The van der Waals surface area contributed by atoms with Crippen molar-refractivity contribution in [2.75, 3.05) is 11.9 Å². The van der Waals surface area contributed by atoms with Gasteiger partial charge in [0.05, 0.1) is 6.61 Å². The van der Waals surface area contributed by atoms with Crippen LogP contribution in [0.25, 0.3) is 0 Å². The van der Waals surface area contributed by atoms with E-state index in [1.165, 1.54) is 0 Å². The number of hydrazine groups is 1. The number of ether oxygens (including phenoxy) is 1. The van der Waals surface area contributed by atoms with E-state index in [2.05, 4.69) is 28.4 Å². The summed E-state index contributed by atoms with van der Waals surface area (Å²) in [5.74, 6) is -0.423. The van der Waals surface area contributed by atoms with Gasteiger partial charge in [0, 0.05) is 22.4 Å². The molecule has 0 aliphatic carbocycles. The Labute approximate surface area is 215 Å². The maximum atomic E-state index is 12.4. The van der Waals surface area contributed by atoms with Gasteiger partial charge in [-0.2, -0.15) is 0 Å². The predicted molar refractivity (Wildman–Crippen MR) is 143 cm³/mol. The van der Waals surface area contributed by atoms with Crippen molar-refractivity contribution in [3.05, 3.63) is 95.1 Å². The van der Waals surface area contributed by atoms with E-state index in [-0.39, 0.29) is 11.0 Å². The summed E-state index contributed by atoms with van der Waals surface area (Å²) in [5.41, 5.74) is 7.68. The van der Waals surface area contributed by atoms with Crippen LogP contribution in [0.15, 0.2) is 72.8 Å². The summed E-state index contributed by atoms with van der Waals surface area (Å²) in [5, 5.41) is 5.25. The van der Waals surface area contributed by atoms with Crippen molar-refractivity contribution in [3.63, 3.8) is 0 Å². The van der Waals surface area contributed by atoms with Gasteiger partial charge in [0.15, 0.2) is 5.11 Å². The lowest BCUT2D eigenvalue weighted by Crippen LogP contribution is -2.48. The third kappa shape index (κ3) is 7.64. The molecule has 0 saturated heterocycles. The minimum atomic E-state index is -0.461. The molecule has 3 aromatic carbocycles. The largest absolute Gasteiger partial charge is 0.494 e. The Morgan fingerprint density at radius 1 is 0.806 bits per heavy atom. The van der Waals surface area contributed by atoms with Crippen LogP contribution in [-0.4, -0.2) is 29.4 Å². The fraction of sp³-hybridized carbons (Fsp3) is 0.185. The Morgan fingerprint density at radius 2 is 1.44 bits per heavy atom. The van der Waals surface area contributed by atoms with Crippen molar-refractivity contribution in [3.8, 4) is 5.75 Å². The molecule has 0 saturated carbocycles. The number of hydrogen-bond acceptors (Lipinski definition) is 5. The summed E-state index contributed by atoms with van der Waals surface area (Å²) in [6.07, 6.45) is 2.00. The van der Waals surface area contributed by atoms with E-state index in [9.17, 15) is 14.4 Å². The van der Waals surface area contributed by atoms with E-state index in [1.54, 1.807) is 60.7 Å². The highest BCUT2D eigenvalue weighted by atomic mass is 32.1. The zero-order chi connectivity index (χ0) is 25.9. The molecule has 0 heterocycles. The first kappa shape index (κ1) is 26.4. The summed E-state index contributed by atoms with van der Waals surface area (Å²) in [6, 6.07) is 20.4. The number of carbonyl (C=O) groups excluding carboxylic acids is 3. The van der Waals surface area contributed by atoms with E-state index in [1.807, 2.05) is 19.1 Å². The van der Waals surface area contributed by atoms with Gasteiger partial charge in [-0.1, -0.05) is 31.5 Å². The van der Waals surface area contributed by atoms with Gasteiger partial charge in [0.25, 0.3) is 17.7 Å². The minimum Gasteiger partial charge on any atom is -0.494 e. The van der Waals surface area contributed by atoms with Crippen LogP contribution in [-0.2, 0) is 0 Å². The standard InChI is InChI=1S/C27H28N4O4S/c1-3-4-17-35-22-15-11-19(12-16-22)24(32)29-27(36)31-30-25(33)20-9-13-21(14-10-20)28-26(34)23-8-6-5-7-18(23)2/h5-16H,3-4,17H2,1-2H3,(H,28,34)(H,30,33)(H2,29,31,32,36). The lowest BCUT2D eigenvalue weighted by Gasteiger charge is -2.12. The number of benzene rings is 3. The molecule has 3 amide bonds. The topological polar surface area (TPSA) is 109 Å². The molecule has 36 heavy (non-hydrogen) atoms. The van der Waals surface area contributed by atoms with Crippen molar-refractivity contribution in [1.82, 2.24) is 16.2 Å². The molecule has 0 aliphatic rings. The number of anilines is 1. The Bertz CT molecular complexity index is 1230. The first-order valence-corrected chi connectivity index (χ1v) is 11.9. The minimum absolute atomic E-state index is 0.0567. The number of unbranched alkanes of at least 4 members (excludes halogenated alkanes) is 1. The van der Waals surface area contributed by atoms with Crippen molar-refractivity contribution in [2.45, 2.75) is 26.7 Å². The Hall–Kier alpha value is -4.24. The molecule has 0 bridgehead atoms. The molecule has 0 aromatic heterocycles. The highest BCUT2D eigenvalue weighted by molar-refractivity contribution is 7.80. The zero-order valence-electron chi connectivity index (χ0n) is 20.1. The molecule has 0 unspecified atom stereocenters. The van der Waals surface area contributed by atoms with E-state index in [0.717, 1.165) is 18.4 Å². The van der Waals surface area contributed by atoms with Crippen LogP contribution in [0.2, 0.25) is 0 Å². The van der Waals surface area contributed by atoms with Crippen molar-refractivity contribution in [1.29, 1.82) is 0 Å². The molecule has 4 N–H and O–H groups in total. The molecule has 186 valence electrons. The van der Waals surface area contributed by atoms with Crippen molar-refractivity contribution in [2.24, 2.45) is 0 Å². The second-order valence-corrected chi connectivity index (χ2v) is 8.34. The molecule has 8 nitrogen and oxygen atoms in total. The lowest BCUT2D eigenvalue weighted by atomic mass is 10.1. The molecule has 0 fully saturated rings. The monoisotopic (exact) mass is 504 g/mol. The van der Waals surface area contributed by atoms with Gasteiger partial charge in [0.1, 0.15) is 5.75 Å². The number of amides is 3. The van der Waals surface area contributed by atoms with Crippen LogP contribution >= 0.6 is 12.2 Å². The maximum Gasteiger partial charge on any atom is 0.269 e. The fourth-order valence-electron chi connectivity index (χ4n) is 3.16. The van der Waals surface area contributed by atoms with E-state index in [4.69, 9.17) is 17.0 Å². The Morgan fingerprint density at radius 3 is 2.11 bits per heavy atom. The average Bonchev–Trinajstić information content (AvgIpc) is 2.88. The Kier molecular flexibility index (Phi) is 9.53. The highest BCUT2D eigenvalue weighted by Gasteiger charge is 2.12. The van der Waals surface area contributed by atoms with Gasteiger partial charge in [-0.15, -0.1) is 0 Å². The Balaban J connectivity index is 1.45. The number of rotatable bonds is 8. The lowest BCUT2D eigenvalue weighted by molar-refractivity contribution is 0.0934. The van der Waals surface area contributed by atoms with Gasteiger partial charge in [-0.3, -0.25) is 30.6 Å². The van der Waals surface area contributed by atoms with E-state index >= 15 is 0 Å². The summed E-state index contributed by atoms with van der Waals surface area (Å²) < 4.78 is 5.58. The molecule has 0 spiro atoms. The van der Waals surface area contributed by atoms with Crippen molar-refractivity contribution < 1.29 is 19.1 Å². The maximum absolute atomic E-state index is 12.4. The third-order valence-electron chi connectivity index (χ3n) is 5.19. The van der Waals surface area contributed by atoms with Crippen molar-refractivity contribution >= 4 is 40.7 Å². The highest BCUT2D eigenvalue weighted by Crippen LogP contribution is 2.14. The van der Waals surface area contributed by atoms with Crippen LogP contribution in [0.3, 0.4) is 0 Å². The SMILES string of the molecule is CCCCOc1ccc(C(=O)NC(=S)NNC(=O)c2ccc(NC(=O)c3ccccc3C)cc2)cc1. The first-order valence-electron chi connectivity index (χ1n) is 11.5. The van der Waals surface area contributed by atoms with Crippen LogP contribution in [0, 0.1) is 6.92 Å². The molecular formula is C27H28N4O4S. The van der Waals surface area contributed by atoms with Crippen LogP contribution in [0.4, 0.5) is 5.69 Å². The summed E-state index contributed by atoms with van der Waals surface area (Å²) in [6.45, 7) is 4.57. The molecule has 3 rings (SSSR count). The molecule has 3 aromatic rings. The normalized spacial score (nSPS) is 10.2. The predicted octanol–water partition coefficient (Wildman–Crippen LogP) is 4.38. The van der Waals surface area contributed by atoms with Crippen LogP contribution in [0.1, 0.15) is 56.4 Å². The van der Waals surface area contributed by atoms with Gasteiger partial charge in [-0.05, 0) is 85.7 Å². The second-order valence-electron chi connectivity index (χ2n) is 7.94. The van der Waals surface area contributed by atoms with E-state index in [0.29, 0.717) is 34.7 Å². The third-order valence-corrected chi connectivity index (χ3v) is 5.40. The second kappa shape index (κ2) is 13.0. The van der Waals surface area contributed by atoms with Gasteiger partial charge < -0.3 is 10.1 Å². The molecular weight excluding hydrogens is 476 g/mol.